The Hall–Kier alpha value is -1.88. The van der Waals surface area contributed by atoms with Gasteiger partial charge in [0.1, 0.15) is 24.0 Å². The lowest BCUT2D eigenvalue weighted by Gasteiger charge is -2.16. The molecular weight excluding hydrogens is 269 g/mol. The van der Waals surface area contributed by atoms with Crippen LogP contribution in [-0.2, 0) is 0 Å². The summed E-state index contributed by atoms with van der Waals surface area (Å²) >= 11 is 0. The van der Waals surface area contributed by atoms with Crippen LogP contribution in [0.2, 0.25) is 0 Å². The molecule has 1 aliphatic rings. The smallest absolute Gasteiger partial charge is 0.123 e. The third-order valence-corrected chi connectivity index (χ3v) is 3.87. The molecule has 1 fully saturated rings. The number of likely N-dealkylation sites (tertiary alicyclic amines) is 1. The molecule has 1 N–H and O–H groups in total. The van der Waals surface area contributed by atoms with Crippen LogP contribution in [0.3, 0.4) is 0 Å². The number of H-pyrrole nitrogens is 1. The fourth-order valence-electron chi connectivity index (χ4n) is 2.72. The molecule has 0 saturated carbocycles. The van der Waals surface area contributed by atoms with E-state index in [1.807, 2.05) is 13.1 Å². The second-order valence-corrected chi connectivity index (χ2v) is 5.54. The predicted molar refractivity (Wildman–Crippen MR) is 79.0 cm³/mol. The third-order valence-electron chi connectivity index (χ3n) is 3.87. The molecule has 5 heteroatoms. The minimum Gasteiger partial charge on any atom is -0.492 e. The molecule has 0 bridgehead atoms. The number of nitrogens with one attached hydrogen (secondary N) is 1. The Morgan fingerprint density at radius 2 is 2.19 bits per heavy atom. The van der Waals surface area contributed by atoms with E-state index < -0.39 is 0 Å². The van der Waals surface area contributed by atoms with Crippen LogP contribution in [0.15, 0.2) is 30.5 Å². The van der Waals surface area contributed by atoms with Crippen molar-refractivity contribution in [2.24, 2.45) is 0 Å². The summed E-state index contributed by atoms with van der Waals surface area (Å²) in [5.74, 6) is 2.06. The Kier molecular flexibility index (Phi) is 4.20. The van der Waals surface area contributed by atoms with E-state index in [4.69, 9.17) is 4.74 Å². The summed E-state index contributed by atoms with van der Waals surface area (Å²) in [5, 5.41) is 0. The second kappa shape index (κ2) is 6.26. The van der Waals surface area contributed by atoms with Gasteiger partial charge in [-0.15, -0.1) is 0 Å². The van der Waals surface area contributed by atoms with Crippen molar-refractivity contribution in [3.8, 4) is 5.75 Å². The molecule has 3 rings (SSSR count). The van der Waals surface area contributed by atoms with Gasteiger partial charge in [0.05, 0.1) is 0 Å². The fourth-order valence-corrected chi connectivity index (χ4v) is 2.72. The van der Waals surface area contributed by atoms with E-state index in [0.717, 1.165) is 37.6 Å². The lowest BCUT2D eigenvalue weighted by molar-refractivity contribution is 0.235. The Balaban J connectivity index is 1.44. The summed E-state index contributed by atoms with van der Waals surface area (Å²) in [6, 6.07) is 6.16. The van der Waals surface area contributed by atoms with Crippen molar-refractivity contribution in [2.75, 3.05) is 26.2 Å². The fraction of sp³-hybridized carbons (Fsp3) is 0.438. The molecule has 4 nitrogen and oxygen atoms in total. The van der Waals surface area contributed by atoms with E-state index in [1.165, 1.54) is 12.1 Å². The van der Waals surface area contributed by atoms with Crippen molar-refractivity contribution in [1.29, 1.82) is 0 Å². The standard InChI is InChI=1S/C16H20FN3O/c1-12-10-18-16(19-12)13-6-7-20(11-13)8-9-21-15-4-2-14(17)3-5-15/h2-5,10,13H,6-9,11H2,1H3,(H,18,19)/t13-/m1/s1. The summed E-state index contributed by atoms with van der Waals surface area (Å²) in [6.07, 6.45) is 3.01. The van der Waals surface area contributed by atoms with E-state index >= 15 is 0 Å². The van der Waals surface area contributed by atoms with Crippen LogP contribution in [-0.4, -0.2) is 41.1 Å². The van der Waals surface area contributed by atoms with Crippen LogP contribution in [0, 0.1) is 12.7 Å². The van der Waals surface area contributed by atoms with Crippen LogP contribution in [0.5, 0.6) is 5.75 Å². The van der Waals surface area contributed by atoms with Crippen molar-refractivity contribution in [2.45, 2.75) is 19.3 Å². The van der Waals surface area contributed by atoms with Crippen LogP contribution in [0.4, 0.5) is 4.39 Å². The topological polar surface area (TPSA) is 41.2 Å². The first-order valence-electron chi connectivity index (χ1n) is 7.33. The largest absolute Gasteiger partial charge is 0.492 e. The number of hydrogen-bond acceptors (Lipinski definition) is 3. The number of aromatic amines is 1. The number of aromatic nitrogens is 2. The number of imidazole rings is 1. The maximum atomic E-state index is 12.8. The van der Waals surface area contributed by atoms with Gasteiger partial charge < -0.3 is 9.72 Å². The summed E-state index contributed by atoms with van der Waals surface area (Å²) < 4.78 is 18.4. The summed E-state index contributed by atoms with van der Waals surface area (Å²) in [4.78, 5) is 10.1. The molecule has 0 aliphatic carbocycles. The average molecular weight is 289 g/mol. The van der Waals surface area contributed by atoms with Crippen LogP contribution < -0.4 is 4.74 Å². The van der Waals surface area contributed by atoms with Gasteiger partial charge in [-0.2, -0.15) is 0 Å². The van der Waals surface area contributed by atoms with E-state index in [9.17, 15) is 4.39 Å². The first-order chi connectivity index (χ1) is 10.2. The summed E-state index contributed by atoms with van der Waals surface area (Å²) in [5.41, 5.74) is 1.11. The van der Waals surface area contributed by atoms with Gasteiger partial charge in [-0.05, 0) is 44.2 Å². The van der Waals surface area contributed by atoms with E-state index in [0.29, 0.717) is 18.3 Å². The molecule has 21 heavy (non-hydrogen) atoms. The molecular formula is C16H20FN3O. The number of benzene rings is 1. The molecule has 0 radical (unpaired) electrons. The lowest BCUT2D eigenvalue weighted by Crippen LogP contribution is -2.26. The van der Waals surface area contributed by atoms with Crippen LogP contribution in [0.1, 0.15) is 23.9 Å². The molecule has 1 aromatic carbocycles. The van der Waals surface area contributed by atoms with Crippen molar-refractivity contribution in [3.63, 3.8) is 0 Å². The first kappa shape index (κ1) is 14.1. The Morgan fingerprint density at radius 3 is 2.90 bits per heavy atom. The molecule has 1 saturated heterocycles. The SMILES string of the molecule is Cc1cnc([C@@H]2CCN(CCOc3ccc(F)cc3)C2)[nH]1. The highest BCUT2D eigenvalue weighted by molar-refractivity contribution is 5.22. The van der Waals surface area contributed by atoms with Crippen LogP contribution in [0.25, 0.3) is 0 Å². The summed E-state index contributed by atoms with van der Waals surface area (Å²) in [6.45, 7) is 5.61. The second-order valence-electron chi connectivity index (χ2n) is 5.54. The molecule has 1 aromatic heterocycles. The van der Waals surface area contributed by atoms with Gasteiger partial charge in [-0.25, -0.2) is 9.37 Å². The lowest BCUT2D eigenvalue weighted by atomic mass is 10.1. The number of aryl methyl sites for hydroxylation is 1. The van der Waals surface area contributed by atoms with Gasteiger partial charge in [0.15, 0.2) is 0 Å². The number of nitrogens with zero attached hydrogens (tertiary/aromatic N) is 2. The zero-order chi connectivity index (χ0) is 14.7. The highest BCUT2D eigenvalue weighted by atomic mass is 19.1. The Labute approximate surface area is 124 Å². The van der Waals surface area contributed by atoms with Crippen molar-refractivity contribution in [1.82, 2.24) is 14.9 Å². The number of halogens is 1. The highest BCUT2D eigenvalue weighted by Gasteiger charge is 2.25. The maximum Gasteiger partial charge on any atom is 0.123 e. The molecule has 2 heterocycles. The molecule has 0 spiro atoms. The number of hydrogen-bond donors (Lipinski definition) is 1. The van der Waals surface area contributed by atoms with E-state index in [-0.39, 0.29) is 5.82 Å². The normalized spacial score (nSPS) is 19.0. The van der Waals surface area contributed by atoms with Gasteiger partial charge in [0, 0.05) is 30.9 Å². The predicted octanol–water partition coefficient (Wildman–Crippen LogP) is 2.73. The average Bonchev–Trinajstić information content (AvgIpc) is 3.10. The van der Waals surface area contributed by atoms with E-state index in [1.54, 1.807) is 12.1 Å². The van der Waals surface area contributed by atoms with Gasteiger partial charge in [0.25, 0.3) is 0 Å². The number of ether oxygens (including phenoxy) is 1. The first-order valence-corrected chi connectivity index (χ1v) is 7.33. The van der Waals surface area contributed by atoms with Crippen molar-refractivity contribution < 1.29 is 9.13 Å². The zero-order valence-corrected chi connectivity index (χ0v) is 12.2. The molecule has 1 atom stereocenters. The summed E-state index contributed by atoms with van der Waals surface area (Å²) in [7, 11) is 0. The maximum absolute atomic E-state index is 12.8. The molecule has 0 unspecified atom stereocenters. The van der Waals surface area contributed by atoms with Gasteiger partial charge in [0.2, 0.25) is 0 Å². The monoisotopic (exact) mass is 289 g/mol. The van der Waals surface area contributed by atoms with Crippen molar-refractivity contribution in [3.05, 3.63) is 47.8 Å². The van der Waals surface area contributed by atoms with Gasteiger partial charge in [-0.3, -0.25) is 4.90 Å². The van der Waals surface area contributed by atoms with Crippen molar-refractivity contribution >= 4 is 0 Å². The quantitative estimate of drug-likeness (QED) is 0.920. The Morgan fingerprint density at radius 1 is 1.38 bits per heavy atom. The molecule has 0 amide bonds. The minimum absolute atomic E-state index is 0.238. The van der Waals surface area contributed by atoms with Crippen LogP contribution >= 0.6 is 0 Å². The number of rotatable bonds is 5. The Bertz CT molecular complexity index is 581. The highest BCUT2D eigenvalue weighted by Crippen LogP contribution is 2.24. The van der Waals surface area contributed by atoms with Gasteiger partial charge in [-0.1, -0.05) is 0 Å². The van der Waals surface area contributed by atoms with E-state index in [2.05, 4.69) is 14.9 Å². The van der Waals surface area contributed by atoms with Gasteiger partial charge >= 0.3 is 0 Å². The zero-order valence-electron chi connectivity index (χ0n) is 12.2. The molecule has 1 aliphatic heterocycles. The molecule has 2 aromatic rings. The minimum atomic E-state index is -0.238. The third kappa shape index (κ3) is 3.61. The molecule has 112 valence electrons.